The Balaban J connectivity index is 1.98. The molecule has 0 aliphatic heterocycles. The van der Waals surface area contributed by atoms with Gasteiger partial charge in [0.1, 0.15) is 0 Å². The van der Waals surface area contributed by atoms with Crippen molar-refractivity contribution in [3.63, 3.8) is 0 Å². The van der Waals surface area contributed by atoms with Gasteiger partial charge in [0.15, 0.2) is 0 Å². The standard InChI is InChI=1S/C19H20S/c1-13-7-5-11-16-17-12-6-10-15(19(17)20-18(13)16)14-8-3-2-4-9-14/h5-7,10-12,14H,2-4,8-9H2,1H3. The average molecular weight is 280 g/mol. The van der Waals surface area contributed by atoms with Crippen molar-refractivity contribution < 1.29 is 0 Å². The van der Waals surface area contributed by atoms with Gasteiger partial charge in [-0.25, -0.2) is 0 Å². The highest BCUT2D eigenvalue weighted by molar-refractivity contribution is 7.26. The van der Waals surface area contributed by atoms with Crippen molar-refractivity contribution in [3.8, 4) is 0 Å². The van der Waals surface area contributed by atoms with E-state index in [2.05, 4.69) is 43.3 Å². The molecule has 102 valence electrons. The quantitative estimate of drug-likeness (QED) is 0.483. The van der Waals surface area contributed by atoms with Gasteiger partial charge < -0.3 is 0 Å². The number of benzene rings is 2. The summed E-state index contributed by atoms with van der Waals surface area (Å²) in [5.41, 5.74) is 3.03. The third-order valence-electron chi connectivity index (χ3n) is 4.80. The molecule has 0 spiro atoms. The fourth-order valence-electron chi connectivity index (χ4n) is 3.72. The second-order valence-electron chi connectivity index (χ2n) is 6.11. The molecule has 1 fully saturated rings. The molecule has 0 unspecified atom stereocenters. The van der Waals surface area contributed by atoms with Crippen LogP contribution in [0.25, 0.3) is 20.2 Å². The second-order valence-corrected chi connectivity index (χ2v) is 7.13. The maximum absolute atomic E-state index is 2.38. The molecule has 20 heavy (non-hydrogen) atoms. The van der Waals surface area contributed by atoms with E-state index >= 15 is 0 Å². The molecule has 3 aromatic rings. The van der Waals surface area contributed by atoms with Gasteiger partial charge in [-0.15, -0.1) is 11.3 Å². The summed E-state index contributed by atoms with van der Waals surface area (Å²) in [5, 5.41) is 2.92. The maximum Gasteiger partial charge on any atom is 0.0390 e. The van der Waals surface area contributed by atoms with E-state index in [1.807, 2.05) is 11.3 Å². The van der Waals surface area contributed by atoms with Gasteiger partial charge in [0, 0.05) is 20.2 Å². The minimum Gasteiger partial charge on any atom is -0.135 e. The highest BCUT2D eigenvalue weighted by Gasteiger charge is 2.19. The smallest absolute Gasteiger partial charge is 0.0390 e. The fraction of sp³-hybridized carbons (Fsp3) is 0.368. The van der Waals surface area contributed by atoms with Crippen molar-refractivity contribution in [1.29, 1.82) is 0 Å². The SMILES string of the molecule is Cc1cccc2c1sc1c(C3CCCCC3)cccc12. The minimum atomic E-state index is 0.792. The Morgan fingerprint density at radius 2 is 1.55 bits per heavy atom. The minimum absolute atomic E-state index is 0.792. The first-order chi connectivity index (χ1) is 9.84. The van der Waals surface area contributed by atoms with Crippen LogP contribution in [0.15, 0.2) is 36.4 Å². The highest BCUT2D eigenvalue weighted by Crippen LogP contribution is 2.42. The summed E-state index contributed by atoms with van der Waals surface area (Å²) in [5.74, 6) is 0.792. The van der Waals surface area contributed by atoms with Crippen molar-refractivity contribution in [2.45, 2.75) is 44.9 Å². The summed E-state index contributed by atoms with van der Waals surface area (Å²) < 4.78 is 3.02. The molecule has 1 aliphatic carbocycles. The number of hydrogen-bond donors (Lipinski definition) is 0. The zero-order valence-electron chi connectivity index (χ0n) is 12.0. The summed E-state index contributed by atoms with van der Waals surface area (Å²) in [6.45, 7) is 2.23. The molecular formula is C19H20S. The van der Waals surface area contributed by atoms with Crippen LogP contribution in [0.1, 0.15) is 49.1 Å². The molecule has 0 saturated heterocycles. The van der Waals surface area contributed by atoms with E-state index in [0.29, 0.717) is 0 Å². The first-order valence-electron chi connectivity index (χ1n) is 7.75. The summed E-state index contributed by atoms with van der Waals surface area (Å²) in [6, 6.07) is 13.7. The molecule has 0 N–H and O–H groups in total. The van der Waals surface area contributed by atoms with E-state index < -0.39 is 0 Å². The molecule has 0 radical (unpaired) electrons. The summed E-state index contributed by atoms with van der Waals surface area (Å²) in [7, 11) is 0. The lowest BCUT2D eigenvalue weighted by Crippen LogP contribution is -2.04. The van der Waals surface area contributed by atoms with E-state index in [-0.39, 0.29) is 0 Å². The number of rotatable bonds is 1. The Hall–Kier alpha value is -1.34. The molecule has 0 amide bonds. The van der Waals surface area contributed by atoms with Crippen molar-refractivity contribution in [1.82, 2.24) is 0 Å². The van der Waals surface area contributed by atoms with Crippen LogP contribution in [-0.2, 0) is 0 Å². The third kappa shape index (κ3) is 1.88. The van der Waals surface area contributed by atoms with E-state index in [9.17, 15) is 0 Å². The third-order valence-corrected chi connectivity index (χ3v) is 6.20. The number of aryl methyl sites for hydroxylation is 1. The molecule has 4 rings (SSSR count). The lowest BCUT2D eigenvalue weighted by atomic mass is 9.84. The molecule has 1 aromatic heterocycles. The van der Waals surface area contributed by atoms with E-state index in [4.69, 9.17) is 0 Å². The Labute approximate surface area is 124 Å². The largest absolute Gasteiger partial charge is 0.135 e. The van der Waals surface area contributed by atoms with Crippen LogP contribution in [0.4, 0.5) is 0 Å². The average Bonchev–Trinajstić information content (AvgIpc) is 2.88. The molecule has 1 aliphatic rings. The van der Waals surface area contributed by atoms with Gasteiger partial charge >= 0.3 is 0 Å². The van der Waals surface area contributed by atoms with Crippen molar-refractivity contribution in [3.05, 3.63) is 47.5 Å². The van der Waals surface area contributed by atoms with Crippen LogP contribution in [-0.4, -0.2) is 0 Å². The lowest BCUT2D eigenvalue weighted by Gasteiger charge is -2.22. The summed E-state index contributed by atoms with van der Waals surface area (Å²) >= 11 is 2.01. The Bertz CT molecular complexity index is 760. The van der Waals surface area contributed by atoms with E-state index in [0.717, 1.165) is 5.92 Å². The van der Waals surface area contributed by atoms with Crippen LogP contribution in [0.2, 0.25) is 0 Å². The molecule has 1 heterocycles. The van der Waals surface area contributed by atoms with Crippen molar-refractivity contribution in [2.24, 2.45) is 0 Å². The predicted molar refractivity (Wildman–Crippen MR) is 89.9 cm³/mol. The Kier molecular flexibility index (Phi) is 3.03. The van der Waals surface area contributed by atoms with Crippen LogP contribution < -0.4 is 0 Å². The van der Waals surface area contributed by atoms with Gasteiger partial charge in [0.2, 0.25) is 0 Å². The molecule has 0 nitrogen and oxygen atoms in total. The molecule has 0 atom stereocenters. The maximum atomic E-state index is 2.38. The second kappa shape index (κ2) is 4.89. The van der Waals surface area contributed by atoms with Crippen LogP contribution in [0.3, 0.4) is 0 Å². The van der Waals surface area contributed by atoms with Gasteiger partial charge in [0.25, 0.3) is 0 Å². The number of thiophene rings is 1. The normalized spacial score (nSPS) is 17.1. The predicted octanol–water partition coefficient (Wildman–Crippen LogP) is 6.41. The zero-order chi connectivity index (χ0) is 13.5. The van der Waals surface area contributed by atoms with Gasteiger partial charge in [0.05, 0.1) is 0 Å². The van der Waals surface area contributed by atoms with Crippen LogP contribution in [0.5, 0.6) is 0 Å². The summed E-state index contributed by atoms with van der Waals surface area (Å²) in [4.78, 5) is 0. The van der Waals surface area contributed by atoms with Gasteiger partial charge in [-0.1, -0.05) is 55.7 Å². The van der Waals surface area contributed by atoms with Gasteiger partial charge in [-0.2, -0.15) is 0 Å². The number of fused-ring (bicyclic) bond motifs is 3. The van der Waals surface area contributed by atoms with Crippen LogP contribution >= 0.6 is 11.3 Å². The molecule has 1 heteroatoms. The Morgan fingerprint density at radius 3 is 2.35 bits per heavy atom. The van der Waals surface area contributed by atoms with Gasteiger partial charge in [-0.3, -0.25) is 0 Å². The zero-order valence-corrected chi connectivity index (χ0v) is 12.8. The summed E-state index contributed by atoms with van der Waals surface area (Å²) in [6.07, 6.45) is 7.01. The Morgan fingerprint density at radius 1 is 0.850 bits per heavy atom. The van der Waals surface area contributed by atoms with Crippen molar-refractivity contribution in [2.75, 3.05) is 0 Å². The first kappa shape index (κ1) is 12.4. The molecular weight excluding hydrogens is 260 g/mol. The first-order valence-corrected chi connectivity index (χ1v) is 8.57. The van der Waals surface area contributed by atoms with Crippen LogP contribution in [0, 0.1) is 6.92 Å². The molecule has 1 saturated carbocycles. The molecule has 2 aromatic carbocycles. The van der Waals surface area contributed by atoms with Crippen molar-refractivity contribution >= 4 is 31.5 Å². The molecule has 0 bridgehead atoms. The lowest BCUT2D eigenvalue weighted by molar-refractivity contribution is 0.446. The topological polar surface area (TPSA) is 0 Å². The van der Waals surface area contributed by atoms with E-state index in [1.165, 1.54) is 53.1 Å². The van der Waals surface area contributed by atoms with E-state index in [1.54, 1.807) is 10.3 Å². The fourth-order valence-corrected chi connectivity index (χ4v) is 5.08. The monoisotopic (exact) mass is 280 g/mol. The highest BCUT2D eigenvalue weighted by atomic mass is 32.1. The van der Waals surface area contributed by atoms with Gasteiger partial charge in [-0.05, 0) is 36.8 Å². The number of hydrogen-bond acceptors (Lipinski definition) is 1.